The van der Waals surface area contributed by atoms with E-state index in [1.165, 1.54) is 11.1 Å². The van der Waals surface area contributed by atoms with E-state index in [0.29, 0.717) is 5.92 Å². The summed E-state index contributed by atoms with van der Waals surface area (Å²) in [5, 5.41) is 0.259. The van der Waals surface area contributed by atoms with Gasteiger partial charge in [0.15, 0.2) is 8.32 Å². The highest BCUT2D eigenvalue weighted by Crippen LogP contribution is 2.40. The second-order valence-electron chi connectivity index (χ2n) is 6.87. The topological polar surface area (TPSA) is 9.23 Å². The number of rotatable bonds is 4. The Bertz CT molecular complexity index is 371. The van der Waals surface area contributed by atoms with Crippen LogP contribution < -0.4 is 0 Å². The van der Waals surface area contributed by atoms with Crippen LogP contribution in [-0.4, -0.2) is 14.4 Å². The van der Waals surface area contributed by atoms with Crippen LogP contribution in [0.15, 0.2) is 36.5 Å². The summed E-state index contributed by atoms with van der Waals surface area (Å²) in [5.74, 6) is 0.380. The monoisotopic (exact) mass is 264 g/mol. The van der Waals surface area contributed by atoms with Gasteiger partial charge in [0.05, 0.1) is 6.10 Å². The Morgan fingerprint density at radius 2 is 2.00 bits per heavy atom. The van der Waals surface area contributed by atoms with Gasteiger partial charge in [0.2, 0.25) is 0 Å². The number of allylic oxidation sites excluding steroid dienone is 2. The van der Waals surface area contributed by atoms with Gasteiger partial charge in [-0.3, -0.25) is 0 Å². The summed E-state index contributed by atoms with van der Waals surface area (Å²) < 4.78 is 6.43. The molecule has 0 radical (unpaired) electrons. The third-order valence-electron chi connectivity index (χ3n) is 4.32. The van der Waals surface area contributed by atoms with Crippen molar-refractivity contribution in [2.75, 3.05) is 0 Å². The lowest BCUT2D eigenvalue weighted by Gasteiger charge is -2.38. The van der Waals surface area contributed by atoms with Gasteiger partial charge in [-0.2, -0.15) is 0 Å². The van der Waals surface area contributed by atoms with Crippen molar-refractivity contribution in [1.29, 1.82) is 0 Å². The van der Waals surface area contributed by atoms with Crippen molar-refractivity contribution < 1.29 is 4.43 Å². The molecule has 1 aliphatic rings. The molecule has 0 aromatic rings. The average Bonchev–Trinajstić information content (AvgIpc) is 2.55. The van der Waals surface area contributed by atoms with E-state index in [9.17, 15) is 0 Å². The third-order valence-corrected chi connectivity index (χ3v) is 8.82. The Labute approximate surface area is 114 Å². The first-order valence-corrected chi connectivity index (χ1v) is 9.69. The summed E-state index contributed by atoms with van der Waals surface area (Å²) >= 11 is 0. The fourth-order valence-electron chi connectivity index (χ4n) is 1.97. The Morgan fingerprint density at radius 3 is 2.44 bits per heavy atom. The second-order valence-corrected chi connectivity index (χ2v) is 11.6. The van der Waals surface area contributed by atoms with Crippen LogP contribution in [0, 0.1) is 5.92 Å². The van der Waals surface area contributed by atoms with Crippen molar-refractivity contribution in [1.82, 2.24) is 0 Å². The molecular formula is C16H28OSi. The molecule has 1 rings (SSSR count). The van der Waals surface area contributed by atoms with Gasteiger partial charge in [-0.25, -0.2) is 0 Å². The van der Waals surface area contributed by atoms with Gasteiger partial charge in [-0.1, -0.05) is 46.4 Å². The molecule has 0 aromatic carbocycles. The number of hydrogen-bond donors (Lipinski definition) is 0. The fourth-order valence-corrected chi connectivity index (χ4v) is 3.23. The highest BCUT2D eigenvalue weighted by molar-refractivity contribution is 6.74. The van der Waals surface area contributed by atoms with Crippen LogP contribution in [0.4, 0.5) is 0 Å². The van der Waals surface area contributed by atoms with E-state index in [1.54, 1.807) is 0 Å². The van der Waals surface area contributed by atoms with E-state index < -0.39 is 8.32 Å². The summed E-state index contributed by atoms with van der Waals surface area (Å²) in [6.45, 7) is 21.6. The van der Waals surface area contributed by atoms with E-state index in [1.807, 2.05) is 6.08 Å². The maximum absolute atomic E-state index is 6.43. The van der Waals surface area contributed by atoms with Crippen LogP contribution in [0.2, 0.25) is 18.1 Å². The van der Waals surface area contributed by atoms with E-state index in [4.69, 9.17) is 4.43 Å². The number of hydrogen-bond acceptors (Lipinski definition) is 1. The fraction of sp³-hybridized carbons (Fsp3) is 0.625. The van der Waals surface area contributed by atoms with Crippen molar-refractivity contribution >= 4 is 8.32 Å². The van der Waals surface area contributed by atoms with Crippen molar-refractivity contribution in [3.63, 3.8) is 0 Å². The van der Waals surface area contributed by atoms with Crippen LogP contribution in [0.1, 0.15) is 34.1 Å². The molecule has 102 valence electrons. The standard InChI is InChI=1S/C16H28OSi/c1-9-12(2)15-11-14(10-13(15)3)17-18(7,8)16(4,5)6/h9,11-12,14H,1,3,10H2,2,4-8H3/t12?,14-/m0/s1. The quantitative estimate of drug-likeness (QED) is 0.508. The van der Waals surface area contributed by atoms with Gasteiger partial charge < -0.3 is 4.43 Å². The molecule has 2 atom stereocenters. The summed E-state index contributed by atoms with van der Waals surface area (Å²) in [6.07, 6.45) is 5.40. The van der Waals surface area contributed by atoms with Gasteiger partial charge in [0, 0.05) is 6.42 Å². The lowest BCUT2D eigenvalue weighted by molar-refractivity contribution is 0.231. The summed E-state index contributed by atoms with van der Waals surface area (Å²) in [7, 11) is -1.69. The lowest BCUT2D eigenvalue weighted by Crippen LogP contribution is -2.43. The Balaban J connectivity index is 2.81. The third kappa shape index (κ3) is 3.24. The van der Waals surface area contributed by atoms with Gasteiger partial charge in [0.1, 0.15) is 0 Å². The Kier molecular flexibility index (Phi) is 4.45. The van der Waals surface area contributed by atoms with Gasteiger partial charge >= 0.3 is 0 Å². The molecule has 18 heavy (non-hydrogen) atoms. The molecule has 0 heterocycles. The van der Waals surface area contributed by atoms with Gasteiger partial charge in [-0.05, 0) is 35.2 Å². The first kappa shape index (κ1) is 15.5. The largest absolute Gasteiger partial charge is 0.410 e. The molecule has 0 fully saturated rings. The zero-order chi connectivity index (χ0) is 14.1. The molecule has 0 saturated carbocycles. The second kappa shape index (κ2) is 5.18. The lowest BCUT2D eigenvalue weighted by atomic mass is 9.98. The van der Waals surface area contributed by atoms with Crippen LogP contribution in [0.3, 0.4) is 0 Å². The molecule has 1 nitrogen and oxygen atoms in total. The highest BCUT2D eigenvalue weighted by Gasteiger charge is 2.39. The van der Waals surface area contributed by atoms with Gasteiger partial charge in [-0.15, -0.1) is 6.58 Å². The minimum atomic E-state index is -1.69. The zero-order valence-corrected chi connectivity index (χ0v) is 13.8. The SMILES string of the molecule is C=CC(C)C1=C[C@@H](O[Si](C)(C)C(C)(C)C)CC1=C. The normalized spacial score (nSPS) is 22.9. The van der Waals surface area contributed by atoms with Crippen LogP contribution in [0.5, 0.6) is 0 Å². The molecule has 0 aromatic heterocycles. The highest BCUT2D eigenvalue weighted by atomic mass is 28.4. The molecule has 1 unspecified atom stereocenters. The predicted octanol–water partition coefficient (Wildman–Crippen LogP) is 5.09. The Hall–Kier alpha value is -0.603. The summed E-state index contributed by atoms with van der Waals surface area (Å²) in [6, 6.07) is 0. The Morgan fingerprint density at radius 1 is 1.44 bits per heavy atom. The predicted molar refractivity (Wildman–Crippen MR) is 83.3 cm³/mol. The maximum atomic E-state index is 6.43. The van der Waals surface area contributed by atoms with Crippen molar-refractivity contribution in [2.24, 2.45) is 5.92 Å². The maximum Gasteiger partial charge on any atom is 0.192 e. The molecule has 0 bridgehead atoms. The minimum absolute atomic E-state index is 0.218. The summed E-state index contributed by atoms with van der Waals surface area (Å²) in [4.78, 5) is 0. The molecule has 2 heteroatoms. The van der Waals surface area contributed by atoms with Crippen molar-refractivity contribution in [3.05, 3.63) is 36.5 Å². The molecule has 1 aliphatic carbocycles. The van der Waals surface area contributed by atoms with E-state index in [0.717, 1.165) is 6.42 Å². The van der Waals surface area contributed by atoms with Crippen LogP contribution >= 0.6 is 0 Å². The molecule has 0 aliphatic heterocycles. The molecular weight excluding hydrogens is 236 g/mol. The van der Waals surface area contributed by atoms with Gasteiger partial charge in [0.25, 0.3) is 0 Å². The van der Waals surface area contributed by atoms with Crippen LogP contribution in [-0.2, 0) is 4.43 Å². The van der Waals surface area contributed by atoms with E-state index in [2.05, 4.69) is 60.0 Å². The smallest absolute Gasteiger partial charge is 0.192 e. The van der Waals surface area contributed by atoms with Crippen molar-refractivity contribution in [3.8, 4) is 0 Å². The molecule has 0 amide bonds. The first-order chi connectivity index (χ1) is 8.08. The average molecular weight is 264 g/mol. The summed E-state index contributed by atoms with van der Waals surface area (Å²) in [5.41, 5.74) is 2.53. The van der Waals surface area contributed by atoms with E-state index >= 15 is 0 Å². The first-order valence-electron chi connectivity index (χ1n) is 6.78. The minimum Gasteiger partial charge on any atom is -0.410 e. The molecule has 0 N–H and O–H groups in total. The van der Waals surface area contributed by atoms with E-state index in [-0.39, 0.29) is 11.1 Å². The zero-order valence-electron chi connectivity index (χ0n) is 12.8. The molecule has 0 spiro atoms. The molecule has 0 saturated heterocycles. The van der Waals surface area contributed by atoms with Crippen molar-refractivity contribution in [2.45, 2.75) is 58.4 Å². The van der Waals surface area contributed by atoms with Crippen LogP contribution in [0.25, 0.3) is 0 Å².